The summed E-state index contributed by atoms with van der Waals surface area (Å²) in [5.74, 6) is -0.0572. The summed E-state index contributed by atoms with van der Waals surface area (Å²) < 4.78 is 0. The predicted molar refractivity (Wildman–Crippen MR) is 101 cm³/mol. The number of rotatable bonds is 8. The molecule has 1 aromatic rings. The largest absolute Gasteiger partial charge is 0.336 e. The summed E-state index contributed by atoms with van der Waals surface area (Å²) in [4.78, 5) is 16.4. The van der Waals surface area contributed by atoms with Crippen LogP contribution in [0, 0.1) is 0 Å². The normalized spacial score (nSPS) is 12.0. The Balaban J connectivity index is 0.00000484. The number of carbonyl (C=O) groups excluding carboxylic acids is 1. The molecule has 0 spiro atoms. The minimum Gasteiger partial charge on any atom is -0.336 e. The molecule has 0 bridgehead atoms. The van der Waals surface area contributed by atoms with Crippen LogP contribution in [0.15, 0.2) is 18.2 Å². The zero-order valence-electron chi connectivity index (χ0n) is 13.9. The second-order valence-corrected chi connectivity index (χ2v) is 6.14. The Bertz CT molecular complexity index is 493. The lowest BCUT2D eigenvalue weighted by atomic mass is 10.2. The van der Waals surface area contributed by atoms with E-state index in [9.17, 15) is 4.79 Å². The first-order valence-corrected chi connectivity index (χ1v) is 8.35. The molecular formula is C16H26Cl3N3O. The van der Waals surface area contributed by atoms with Gasteiger partial charge in [-0.3, -0.25) is 4.79 Å². The van der Waals surface area contributed by atoms with Gasteiger partial charge in [-0.05, 0) is 37.7 Å². The lowest BCUT2D eigenvalue weighted by Gasteiger charge is -2.28. The van der Waals surface area contributed by atoms with Gasteiger partial charge in [-0.25, -0.2) is 0 Å². The standard InChI is InChI=1S/C16H25Cl2N3O.ClH/c1-4-20(5-2)8-9-21(16(22)12(3)19)11-13-6-7-14(17)15(18)10-13;/h6-7,10,12H,4-5,8-9,11,19H2,1-3H3;1H. The summed E-state index contributed by atoms with van der Waals surface area (Å²) in [7, 11) is 0. The number of amides is 1. The Morgan fingerprint density at radius 2 is 1.78 bits per heavy atom. The van der Waals surface area contributed by atoms with Crippen LogP contribution in [0.4, 0.5) is 0 Å². The molecule has 0 fully saturated rings. The van der Waals surface area contributed by atoms with Crippen molar-refractivity contribution < 1.29 is 4.79 Å². The number of nitrogens with zero attached hydrogens (tertiary/aromatic N) is 2. The van der Waals surface area contributed by atoms with E-state index >= 15 is 0 Å². The summed E-state index contributed by atoms with van der Waals surface area (Å²) in [6, 6.07) is 4.91. The zero-order chi connectivity index (χ0) is 16.7. The molecule has 0 heterocycles. The van der Waals surface area contributed by atoms with Gasteiger partial charge in [0.05, 0.1) is 16.1 Å². The fourth-order valence-corrected chi connectivity index (χ4v) is 2.54. The molecule has 0 radical (unpaired) electrons. The maximum Gasteiger partial charge on any atom is 0.239 e. The Labute approximate surface area is 155 Å². The molecule has 1 amide bonds. The van der Waals surface area contributed by atoms with Crippen LogP contribution in [-0.2, 0) is 11.3 Å². The van der Waals surface area contributed by atoms with Gasteiger partial charge in [-0.2, -0.15) is 0 Å². The second kappa shape index (κ2) is 11.1. The topological polar surface area (TPSA) is 49.6 Å². The van der Waals surface area contributed by atoms with Crippen molar-refractivity contribution in [3.8, 4) is 0 Å². The highest BCUT2D eigenvalue weighted by Crippen LogP contribution is 2.23. The molecule has 2 N–H and O–H groups in total. The van der Waals surface area contributed by atoms with Crippen LogP contribution in [-0.4, -0.2) is 47.9 Å². The third-order valence-electron chi connectivity index (χ3n) is 3.64. The van der Waals surface area contributed by atoms with Crippen molar-refractivity contribution in [3.63, 3.8) is 0 Å². The van der Waals surface area contributed by atoms with E-state index in [1.165, 1.54) is 0 Å². The van der Waals surface area contributed by atoms with E-state index in [4.69, 9.17) is 28.9 Å². The molecule has 132 valence electrons. The molecule has 7 heteroatoms. The Hall–Kier alpha value is -0.520. The van der Waals surface area contributed by atoms with Crippen molar-refractivity contribution in [1.29, 1.82) is 0 Å². The van der Waals surface area contributed by atoms with Gasteiger partial charge in [0, 0.05) is 19.6 Å². The summed E-state index contributed by atoms with van der Waals surface area (Å²) in [6.45, 7) is 9.81. The minimum atomic E-state index is -0.514. The quantitative estimate of drug-likeness (QED) is 0.749. The van der Waals surface area contributed by atoms with Gasteiger partial charge in [-0.15, -0.1) is 12.4 Å². The highest BCUT2D eigenvalue weighted by molar-refractivity contribution is 6.42. The third-order valence-corrected chi connectivity index (χ3v) is 4.38. The van der Waals surface area contributed by atoms with Gasteiger partial charge >= 0.3 is 0 Å². The fourth-order valence-electron chi connectivity index (χ4n) is 2.22. The molecule has 4 nitrogen and oxygen atoms in total. The molecule has 0 saturated carbocycles. The van der Waals surface area contributed by atoms with Crippen molar-refractivity contribution in [2.75, 3.05) is 26.2 Å². The van der Waals surface area contributed by atoms with E-state index in [1.807, 2.05) is 6.07 Å². The first-order chi connectivity index (χ1) is 10.4. The molecular weight excluding hydrogens is 357 g/mol. The van der Waals surface area contributed by atoms with Crippen LogP contribution < -0.4 is 5.73 Å². The number of nitrogens with two attached hydrogens (primary N) is 1. The number of carbonyl (C=O) groups is 1. The van der Waals surface area contributed by atoms with E-state index < -0.39 is 6.04 Å². The van der Waals surface area contributed by atoms with Gasteiger partial charge in [0.15, 0.2) is 0 Å². The molecule has 0 aliphatic carbocycles. The van der Waals surface area contributed by atoms with Crippen molar-refractivity contribution in [2.45, 2.75) is 33.4 Å². The van der Waals surface area contributed by atoms with Gasteiger partial charge in [-0.1, -0.05) is 43.1 Å². The average Bonchev–Trinajstić information content (AvgIpc) is 2.49. The zero-order valence-corrected chi connectivity index (χ0v) is 16.2. The van der Waals surface area contributed by atoms with E-state index in [0.717, 1.165) is 25.2 Å². The van der Waals surface area contributed by atoms with Crippen LogP contribution in [0.1, 0.15) is 26.3 Å². The minimum absolute atomic E-state index is 0. The molecule has 0 aliphatic rings. The summed E-state index contributed by atoms with van der Waals surface area (Å²) in [5, 5.41) is 1.01. The SMILES string of the molecule is CCN(CC)CCN(Cc1ccc(Cl)c(Cl)c1)C(=O)C(C)N.Cl. The number of likely N-dealkylation sites (N-methyl/N-ethyl adjacent to an activating group) is 1. The van der Waals surface area contributed by atoms with E-state index in [-0.39, 0.29) is 18.3 Å². The van der Waals surface area contributed by atoms with Crippen molar-refractivity contribution in [2.24, 2.45) is 5.73 Å². The van der Waals surface area contributed by atoms with Crippen LogP contribution in [0.5, 0.6) is 0 Å². The Kier molecular flexibility index (Phi) is 10.9. The summed E-state index contributed by atoms with van der Waals surface area (Å²) in [6.07, 6.45) is 0. The summed E-state index contributed by atoms with van der Waals surface area (Å²) in [5.41, 5.74) is 6.71. The first-order valence-electron chi connectivity index (χ1n) is 7.59. The molecule has 1 rings (SSSR count). The van der Waals surface area contributed by atoms with E-state index in [1.54, 1.807) is 24.0 Å². The molecule has 0 saturated heterocycles. The fraction of sp³-hybridized carbons (Fsp3) is 0.562. The number of hydrogen-bond acceptors (Lipinski definition) is 3. The highest BCUT2D eigenvalue weighted by Gasteiger charge is 2.18. The average molecular weight is 383 g/mol. The Morgan fingerprint density at radius 1 is 1.17 bits per heavy atom. The molecule has 23 heavy (non-hydrogen) atoms. The van der Waals surface area contributed by atoms with Crippen LogP contribution in [0.25, 0.3) is 0 Å². The van der Waals surface area contributed by atoms with Crippen LogP contribution in [0.2, 0.25) is 10.0 Å². The molecule has 0 aromatic heterocycles. The molecule has 1 atom stereocenters. The lowest BCUT2D eigenvalue weighted by molar-refractivity contribution is -0.133. The van der Waals surface area contributed by atoms with E-state index in [0.29, 0.717) is 23.1 Å². The molecule has 1 unspecified atom stereocenters. The van der Waals surface area contributed by atoms with Crippen molar-refractivity contribution in [3.05, 3.63) is 33.8 Å². The second-order valence-electron chi connectivity index (χ2n) is 5.32. The third kappa shape index (κ3) is 7.27. The van der Waals surface area contributed by atoms with Gasteiger partial charge in [0.25, 0.3) is 0 Å². The number of halogens is 3. The maximum absolute atomic E-state index is 12.3. The smallest absolute Gasteiger partial charge is 0.239 e. The molecule has 0 aliphatic heterocycles. The lowest BCUT2D eigenvalue weighted by Crippen LogP contribution is -2.45. The van der Waals surface area contributed by atoms with Gasteiger partial charge in [0.2, 0.25) is 5.91 Å². The first kappa shape index (κ1) is 22.5. The maximum atomic E-state index is 12.3. The predicted octanol–water partition coefficient (Wildman–Crippen LogP) is 3.43. The van der Waals surface area contributed by atoms with Crippen LogP contribution in [0.3, 0.4) is 0 Å². The van der Waals surface area contributed by atoms with Crippen molar-refractivity contribution in [1.82, 2.24) is 9.80 Å². The van der Waals surface area contributed by atoms with Crippen molar-refractivity contribution >= 4 is 41.5 Å². The highest BCUT2D eigenvalue weighted by atomic mass is 35.5. The molecule has 1 aromatic carbocycles. The number of benzene rings is 1. The Morgan fingerprint density at radius 3 is 2.26 bits per heavy atom. The van der Waals surface area contributed by atoms with Crippen LogP contribution >= 0.6 is 35.6 Å². The summed E-state index contributed by atoms with van der Waals surface area (Å²) >= 11 is 12.0. The number of hydrogen-bond donors (Lipinski definition) is 1. The van der Waals surface area contributed by atoms with Gasteiger partial charge in [0.1, 0.15) is 0 Å². The van der Waals surface area contributed by atoms with Gasteiger partial charge < -0.3 is 15.5 Å². The monoisotopic (exact) mass is 381 g/mol. The van der Waals surface area contributed by atoms with E-state index in [2.05, 4.69) is 18.7 Å².